The maximum atomic E-state index is 5.39. The first kappa shape index (κ1) is 24.7. The number of halogens is 1. The molecule has 7 nitrogen and oxygen atoms in total. The smallest absolute Gasteiger partial charge is 0.191 e. The summed E-state index contributed by atoms with van der Waals surface area (Å²) in [4.78, 5) is 6.84. The van der Waals surface area contributed by atoms with E-state index >= 15 is 0 Å². The predicted molar refractivity (Wildman–Crippen MR) is 131 cm³/mol. The van der Waals surface area contributed by atoms with Gasteiger partial charge >= 0.3 is 0 Å². The molecule has 2 heterocycles. The molecule has 1 aromatic rings. The molecule has 2 N–H and O–H groups in total. The van der Waals surface area contributed by atoms with E-state index in [2.05, 4.69) is 38.7 Å². The molecule has 3 rings (SSSR count). The lowest BCUT2D eigenvalue weighted by atomic mass is 10.1. The third-order valence-corrected chi connectivity index (χ3v) is 5.45. The van der Waals surface area contributed by atoms with Crippen LogP contribution in [-0.2, 0) is 11.3 Å². The van der Waals surface area contributed by atoms with Crippen LogP contribution in [0.15, 0.2) is 34.8 Å². The van der Waals surface area contributed by atoms with Crippen LogP contribution in [0.1, 0.15) is 24.8 Å². The highest BCUT2D eigenvalue weighted by Gasteiger charge is 2.23. The number of hydrogen-bond acceptors (Lipinski definition) is 5. The van der Waals surface area contributed by atoms with Crippen molar-refractivity contribution in [3.8, 4) is 11.5 Å². The monoisotopic (exact) mass is 530 g/mol. The minimum Gasteiger partial charge on any atom is -0.497 e. The van der Waals surface area contributed by atoms with Gasteiger partial charge in [0, 0.05) is 45.3 Å². The lowest BCUT2D eigenvalue weighted by Gasteiger charge is -2.20. The summed E-state index contributed by atoms with van der Waals surface area (Å²) in [5.41, 5.74) is 2.68. The SMILES string of the molecule is CN=C(NCCC1=CCOCC1)NC1CCN(Cc2cc(OC)cc(OC)c2)C1.I. The van der Waals surface area contributed by atoms with Gasteiger partial charge in [0.1, 0.15) is 11.5 Å². The van der Waals surface area contributed by atoms with E-state index in [9.17, 15) is 0 Å². The van der Waals surface area contributed by atoms with Crippen LogP contribution in [0.5, 0.6) is 11.5 Å². The molecule has 0 spiro atoms. The fraction of sp³-hybridized carbons (Fsp3) is 0.591. The number of ether oxygens (including phenoxy) is 3. The van der Waals surface area contributed by atoms with Gasteiger partial charge in [-0.2, -0.15) is 0 Å². The molecular formula is C22H35IN4O3. The highest BCUT2D eigenvalue weighted by Crippen LogP contribution is 2.24. The summed E-state index contributed by atoms with van der Waals surface area (Å²) < 4.78 is 16.1. The van der Waals surface area contributed by atoms with E-state index in [1.165, 1.54) is 11.1 Å². The molecule has 1 unspecified atom stereocenters. The van der Waals surface area contributed by atoms with Crippen molar-refractivity contribution in [1.82, 2.24) is 15.5 Å². The summed E-state index contributed by atoms with van der Waals surface area (Å²) in [6.07, 6.45) is 5.38. The molecule has 2 aliphatic rings. The summed E-state index contributed by atoms with van der Waals surface area (Å²) in [7, 11) is 5.20. The fourth-order valence-electron chi connectivity index (χ4n) is 3.83. The summed E-state index contributed by atoms with van der Waals surface area (Å²) in [5.74, 6) is 2.54. The first-order valence-corrected chi connectivity index (χ1v) is 10.4. The zero-order valence-electron chi connectivity index (χ0n) is 18.3. The number of benzene rings is 1. The Morgan fingerprint density at radius 1 is 1.23 bits per heavy atom. The maximum absolute atomic E-state index is 5.39. The third kappa shape index (κ3) is 7.63. The molecule has 0 saturated carbocycles. The number of likely N-dealkylation sites (tertiary alicyclic amines) is 1. The molecule has 168 valence electrons. The quantitative estimate of drug-likeness (QED) is 0.233. The van der Waals surface area contributed by atoms with Crippen LogP contribution in [0.3, 0.4) is 0 Å². The Morgan fingerprint density at radius 3 is 2.63 bits per heavy atom. The molecule has 0 aromatic heterocycles. The zero-order chi connectivity index (χ0) is 20.5. The lowest BCUT2D eigenvalue weighted by Crippen LogP contribution is -2.44. The molecule has 0 radical (unpaired) electrons. The van der Waals surface area contributed by atoms with Crippen LogP contribution < -0.4 is 20.1 Å². The molecule has 0 aliphatic carbocycles. The Labute approximate surface area is 197 Å². The molecule has 30 heavy (non-hydrogen) atoms. The number of nitrogens with one attached hydrogen (secondary N) is 2. The van der Waals surface area contributed by atoms with Gasteiger partial charge in [-0.3, -0.25) is 9.89 Å². The van der Waals surface area contributed by atoms with Gasteiger partial charge in [-0.25, -0.2) is 0 Å². The minimum absolute atomic E-state index is 0. The molecular weight excluding hydrogens is 495 g/mol. The fourth-order valence-corrected chi connectivity index (χ4v) is 3.83. The number of hydrogen-bond donors (Lipinski definition) is 2. The van der Waals surface area contributed by atoms with Crippen LogP contribution in [0.2, 0.25) is 0 Å². The Kier molecular flexibility index (Phi) is 10.7. The standard InChI is InChI=1S/C22H34N4O3.HI/c1-23-22(24-8-4-17-6-10-29-11-7-17)25-19-5-9-26(16-19)15-18-12-20(27-2)14-21(13-18)28-3;/h6,12-14,19H,4-5,7-11,15-16H2,1-3H3,(H2,23,24,25);1H. The van der Waals surface area contributed by atoms with Gasteiger partial charge in [0.05, 0.1) is 27.4 Å². The van der Waals surface area contributed by atoms with Gasteiger partial charge in [0.25, 0.3) is 0 Å². The van der Waals surface area contributed by atoms with Gasteiger partial charge in [0.15, 0.2) is 5.96 Å². The highest BCUT2D eigenvalue weighted by molar-refractivity contribution is 14.0. The minimum atomic E-state index is 0. The first-order valence-electron chi connectivity index (χ1n) is 10.4. The Bertz CT molecular complexity index is 704. The predicted octanol–water partition coefficient (Wildman–Crippen LogP) is 2.80. The van der Waals surface area contributed by atoms with E-state index < -0.39 is 0 Å². The Balaban J connectivity index is 0.00000320. The van der Waals surface area contributed by atoms with Gasteiger partial charge in [-0.1, -0.05) is 11.6 Å². The van der Waals surface area contributed by atoms with Crippen molar-refractivity contribution < 1.29 is 14.2 Å². The van der Waals surface area contributed by atoms with Crippen molar-refractivity contribution in [2.75, 3.05) is 54.1 Å². The van der Waals surface area contributed by atoms with E-state index in [4.69, 9.17) is 14.2 Å². The second-order valence-corrected chi connectivity index (χ2v) is 7.52. The third-order valence-electron chi connectivity index (χ3n) is 5.45. The van der Waals surface area contributed by atoms with Crippen molar-refractivity contribution in [2.45, 2.75) is 31.8 Å². The average Bonchev–Trinajstić information content (AvgIpc) is 3.20. The maximum Gasteiger partial charge on any atom is 0.191 e. The largest absolute Gasteiger partial charge is 0.497 e. The second kappa shape index (κ2) is 13.0. The van der Waals surface area contributed by atoms with Gasteiger partial charge in [-0.05, 0) is 37.0 Å². The molecule has 1 atom stereocenters. The summed E-state index contributed by atoms with van der Waals surface area (Å²) >= 11 is 0. The van der Waals surface area contributed by atoms with E-state index in [1.54, 1.807) is 14.2 Å². The van der Waals surface area contributed by atoms with E-state index in [0.717, 1.165) is 76.1 Å². The number of guanidine groups is 1. The number of nitrogens with zero attached hydrogens (tertiary/aromatic N) is 2. The summed E-state index contributed by atoms with van der Waals surface area (Å²) in [5, 5.41) is 7.01. The zero-order valence-corrected chi connectivity index (χ0v) is 20.6. The lowest BCUT2D eigenvalue weighted by molar-refractivity contribution is 0.153. The van der Waals surface area contributed by atoms with Crippen LogP contribution in [0.25, 0.3) is 0 Å². The topological polar surface area (TPSA) is 67.4 Å². The number of aliphatic imine (C=N–C) groups is 1. The van der Waals surface area contributed by atoms with Gasteiger partial charge in [-0.15, -0.1) is 24.0 Å². The van der Waals surface area contributed by atoms with Crippen LogP contribution >= 0.6 is 24.0 Å². The Hall–Kier alpha value is -1.52. The number of rotatable bonds is 8. The second-order valence-electron chi connectivity index (χ2n) is 7.52. The molecule has 8 heteroatoms. The molecule has 1 fully saturated rings. The van der Waals surface area contributed by atoms with Crippen LogP contribution in [0, 0.1) is 0 Å². The summed E-state index contributed by atoms with van der Waals surface area (Å²) in [6, 6.07) is 6.46. The average molecular weight is 530 g/mol. The van der Waals surface area contributed by atoms with Crippen LogP contribution in [-0.4, -0.2) is 71.0 Å². The molecule has 1 saturated heterocycles. The van der Waals surface area contributed by atoms with Crippen molar-refractivity contribution in [3.63, 3.8) is 0 Å². The summed E-state index contributed by atoms with van der Waals surface area (Å²) in [6.45, 7) is 5.42. The molecule has 2 aliphatic heterocycles. The van der Waals surface area contributed by atoms with Crippen molar-refractivity contribution >= 4 is 29.9 Å². The number of methoxy groups -OCH3 is 2. The van der Waals surface area contributed by atoms with Crippen LogP contribution in [0.4, 0.5) is 0 Å². The van der Waals surface area contributed by atoms with Crippen molar-refractivity contribution in [1.29, 1.82) is 0 Å². The van der Waals surface area contributed by atoms with Gasteiger partial charge < -0.3 is 24.8 Å². The van der Waals surface area contributed by atoms with E-state index in [1.807, 2.05) is 13.1 Å². The van der Waals surface area contributed by atoms with E-state index in [0.29, 0.717) is 6.04 Å². The van der Waals surface area contributed by atoms with Gasteiger partial charge in [0.2, 0.25) is 0 Å². The van der Waals surface area contributed by atoms with E-state index in [-0.39, 0.29) is 24.0 Å². The molecule has 1 aromatic carbocycles. The normalized spacial score (nSPS) is 19.6. The van der Waals surface area contributed by atoms with Crippen molar-refractivity contribution in [2.24, 2.45) is 4.99 Å². The molecule has 0 amide bonds. The Morgan fingerprint density at radius 2 is 2.00 bits per heavy atom. The molecule has 0 bridgehead atoms. The first-order chi connectivity index (χ1) is 14.2. The highest BCUT2D eigenvalue weighted by atomic mass is 127. The van der Waals surface area contributed by atoms with Crippen molar-refractivity contribution in [3.05, 3.63) is 35.4 Å².